The molecule has 2 aliphatic rings. The number of carbonyl (C=O) groups excluding carboxylic acids is 2. The highest BCUT2D eigenvalue weighted by atomic mass is 16.5. The van der Waals surface area contributed by atoms with E-state index < -0.39 is 0 Å². The molecule has 1 amide bonds. The SMILES string of the molecule is Cc1oc2c(c1C(=O)NC1COc3ccccc3C1)C(=O)CCC2. The summed E-state index contributed by atoms with van der Waals surface area (Å²) in [6.45, 7) is 2.17. The molecule has 4 rings (SSSR count). The zero-order chi connectivity index (χ0) is 16.7. The van der Waals surface area contributed by atoms with Gasteiger partial charge in [0.25, 0.3) is 5.91 Å². The van der Waals surface area contributed by atoms with E-state index in [4.69, 9.17) is 9.15 Å². The average Bonchev–Trinajstić information content (AvgIpc) is 2.92. The van der Waals surface area contributed by atoms with E-state index in [9.17, 15) is 9.59 Å². The van der Waals surface area contributed by atoms with E-state index in [-0.39, 0.29) is 17.7 Å². The second-order valence-electron chi connectivity index (χ2n) is 6.40. The minimum Gasteiger partial charge on any atom is -0.491 e. The van der Waals surface area contributed by atoms with Gasteiger partial charge >= 0.3 is 0 Å². The fraction of sp³-hybridized carbons (Fsp3) is 0.368. The molecule has 2 aromatic rings. The van der Waals surface area contributed by atoms with Crippen LogP contribution in [0.1, 0.15) is 50.6 Å². The summed E-state index contributed by atoms with van der Waals surface area (Å²) in [7, 11) is 0. The van der Waals surface area contributed by atoms with Crippen LogP contribution in [0.4, 0.5) is 0 Å². The van der Waals surface area contributed by atoms with Crippen LogP contribution >= 0.6 is 0 Å². The first kappa shape index (κ1) is 15.0. The molecule has 1 aromatic carbocycles. The first-order chi connectivity index (χ1) is 11.6. The van der Waals surface area contributed by atoms with Crippen molar-refractivity contribution in [2.45, 2.75) is 38.6 Å². The molecule has 1 atom stereocenters. The normalized spacial score (nSPS) is 19.2. The maximum Gasteiger partial charge on any atom is 0.255 e. The fourth-order valence-corrected chi connectivity index (χ4v) is 3.56. The lowest BCUT2D eigenvalue weighted by atomic mass is 9.93. The second kappa shape index (κ2) is 5.82. The molecule has 0 spiro atoms. The Hall–Kier alpha value is -2.56. The minimum absolute atomic E-state index is 0.00323. The summed E-state index contributed by atoms with van der Waals surface area (Å²) < 4.78 is 11.4. The quantitative estimate of drug-likeness (QED) is 0.922. The van der Waals surface area contributed by atoms with E-state index in [1.165, 1.54) is 0 Å². The molecule has 1 unspecified atom stereocenters. The van der Waals surface area contributed by atoms with Crippen molar-refractivity contribution in [3.05, 3.63) is 52.5 Å². The predicted molar refractivity (Wildman–Crippen MR) is 87.6 cm³/mol. The summed E-state index contributed by atoms with van der Waals surface area (Å²) in [5.41, 5.74) is 1.96. The van der Waals surface area contributed by atoms with E-state index in [0.29, 0.717) is 35.7 Å². The molecule has 0 fully saturated rings. The number of para-hydroxylation sites is 1. The Labute approximate surface area is 140 Å². The highest BCUT2D eigenvalue weighted by molar-refractivity contribution is 6.10. The van der Waals surface area contributed by atoms with Gasteiger partial charge in [-0.25, -0.2) is 0 Å². The van der Waals surface area contributed by atoms with Gasteiger partial charge in [-0.05, 0) is 31.4 Å². The summed E-state index contributed by atoms with van der Waals surface area (Å²) >= 11 is 0. The summed E-state index contributed by atoms with van der Waals surface area (Å²) in [4.78, 5) is 25.0. The molecule has 1 aliphatic carbocycles. The monoisotopic (exact) mass is 325 g/mol. The lowest BCUT2D eigenvalue weighted by molar-refractivity contribution is 0.0899. The van der Waals surface area contributed by atoms with Crippen LogP contribution in [0, 0.1) is 6.92 Å². The van der Waals surface area contributed by atoms with Gasteiger partial charge in [0.05, 0.1) is 17.2 Å². The lowest BCUT2D eigenvalue weighted by Crippen LogP contribution is -2.43. The molecule has 0 saturated heterocycles. The molecular weight excluding hydrogens is 306 g/mol. The summed E-state index contributed by atoms with van der Waals surface area (Å²) in [6.07, 6.45) is 2.70. The van der Waals surface area contributed by atoms with Crippen LogP contribution in [0.3, 0.4) is 0 Å². The maximum atomic E-state index is 12.7. The van der Waals surface area contributed by atoms with Crippen molar-refractivity contribution in [3.8, 4) is 5.75 Å². The third-order valence-corrected chi connectivity index (χ3v) is 4.68. The molecule has 0 bridgehead atoms. The average molecular weight is 325 g/mol. The Morgan fingerprint density at radius 3 is 2.96 bits per heavy atom. The van der Waals surface area contributed by atoms with Crippen LogP contribution in [0.25, 0.3) is 0 Å². The molecule has 1 aliphatic heterocycles. The van der Waals surface area contributed by atoms with Gasteiger partial charge in [0.1, 0.15) is 23.9 Å². The van der Waals surface area contributed by atoms with Gasteiger partial charge in [-0.1, -0.05) is 18.2 Å². The van der Waals surface area contributed by atoms with Crippen molar-refractivity contribution in [2.75, 3.05) is 6.61 Å². The predicted octanol–water partition coefficient (Wildman–Crippen LogP) is 2.84. The van der Waals surface area contributed by atoms with E-state index in [1.807, 2.05) is 24.3 Å². The molecule has 124 valence electrons. The maximum absolute atomic E-state index is 12.7. The van der Waals surface area contributed by atoms with Crippen molar-refractivity contribution in [3.63, 3.8) is 0 Å². The number of hydrogen-bond acceptors (Lipinski definition) is 4. The third-order valence-electron chi connectivity index (χ3n) is 4.68. The number of ketones is 1. The number of aryl methyl sites for hydroxylation is 2. The van der Waals surface area contributed by atoms with Gasteiger partial charge < -0.3 is 14.5 Å². The van der Waals surface area contributed by atoms with Gasteiger partial charge in [-0.2, -0.15) is 0 Å². The number of Topliss-reactive ketones (excluding diaryl/α,β-unsaturated/α-hetero) is 1. The highest BCUT2D eigenvalue weighted by Crippen LogP contribution is 2.30. The Bertz CT molecular complexity index is 821. The molecule has 5 heteroatoms. The number of hydrogen-bond donors (Lipinski definition) is 1. The van der Waals surface area contributed by atoms with Gasteiger partial charge in [-0.3, -0.25) is 9.59 Å². The molecule has 1 aromatic heterocycles. The van der Waals surface area contributed by atoms with Gasteiger partial charge in [0, 0.05) is 12.8 Å². The number of carbonyl (C=O) groups is 2. The van der Waals surface area contributed by atoms with Crippen LogP contribution in [0.5, 0.6) is 5.75 Å². The highest BCUT2D eigenvalue weighted by Gasteiger charge is 2.32. The molecule has 0 saturated carbocycles. The van der Waals surface area contributed by atoms with Crippen LogP contribution in [-0.4, -0.2) is 24.3 Å². The number of ether oxygens (including phenoxy) is 1. The van der Waals surface area contributed by atoms with Gasteiger partial charge in [0.15, 0.2) is 5.78 Å². The Balaban J connectivity index is 1.56. The molecule has 24 heavy (non-hydrogen) atoms. The number of furan rings is 1. The van der Waals surface area contributed by atoms with Crippen molar-refractivity contribution in [1.82, 2.24) is 5.32 Å². The van der Waals surface area contributed by atoms with Gasteiger partial charge in [-0.15, -0.1) is 0 Å². The fourth-order valence-electron chi connectivity index (χ4n) is 3.56. The zero-order valence-electron chi connectivity index (χ0n) is 13.6. The molecule has 1 N–H and O–H groups in total. The van der Waals surface area contributed by atoms with Crippen LogP contribution in [0.15, 0.2) is 28.7 Å². The largest absolute Gasteiger partial charge is 0.491 e. The standard InChI is InChI=1S/C19H19NO4/c1-11-17(18-14(21)6-4-8-16(18)24-11)19(22)20-13-9-12-5-2-3-7-15(12)23-10-13/h2-3,5,7,13H,4,6,8-10H2,1H3,(H,20,22). The molecule has 0 radical (unpaired) electrons. The van der Waals surface area contributed by atoms with Crippen LogP contribution < -0.4 is 10.1 Å². The molecule has 2 heterocycles. The molecular formula is C19H19NO4. The molecule has 5 nitrogen and oxygen atoms in total. The first-order valence-electron chi connectivity index (χ1n) is 8.30. The second-order valence-corrected chi connectivity index (χ2v) is 6.40. The Morgan fingerprint density at radius 1 is 1.25 bits per heavy atom. The van der Waals surface area contributed by atoms with Crippen molar-refractivity contribution >= 4 is 11.7 Å². The van der Waals surface area contributed by atoms with E-state index in [0.717, 1.165) is 30.6 Å². The number of fused-ring (bicyclic) bond motifs is 2. The van der Waals surface area contributed by atoms with Crippen LogP contribution in [-0.2, 0) is 12.8 Å². The number of amides is 1. The Morgan fingerprint density at radius 2 is 2.08 bits per heavy atom. The van der Waals surface area contributed by atoms with E-state index >= 15 is 0 Å². The third kappa shape index (κ3) is 2.50. The van der Waals surface area contributed by atoms with E-state index in [2.05, 4.69) is 5.32 Å². The smallest absolute Gasteiger partial charge is 0.255 e. The van der Waals surface area contributed by atoms with Gasteiger partial charge in [0.2, 0.25) is 0 Å². The number of benzene rings is 1. The zero-order valence-corrected chi connectivity index (χ0v) is 13.6. The minimum atomic E-state index is -0.249. The summed E-state index contributed by atoms with van der Waals surface area (Å²) in [5, 5.41) is 3.00. The summed E-state index contributed by atoms with van der Waals surface area (Å²) in [5.74, 6) is 1.79. The van der Waals surface area contributed by atoms with Crippen molar-refractivity contribution in [1.29, 1.82) is 0 Å². The topological polar surface area (TPSA) is 68.5 Å². The van der Waals surface area contributed by atoms with Crippen molar-refractivity contribution in [2.24, 2.45) is 0 Å². The van der Waals surface area contributed by atoms with E-state index in [1.54, 1.807) is 6.92 Å². The van der Waals surface area contributed by atoms with Crippen LogP contribution in [0.2, 0.25) is 0 Å². The number of nitrogens with one attached hydrogen (secondary N) is 1. The summed E-state index contributed by atoms with van der Waals surface area (Å²) in [6, 6.07) is 7.72. The lowest BCUT2D eigenvalue weighted by Gasteiger charge is -2.26. The van der Waals surface area contributed by atoms with Crippen molar-refractivity contribution < 1.29 is 18.7 Å². The first-order valence-corrected chi connectivity index (χ1v) is 8.30. The Kier molecular flexibility index (Phi) is 3.63. The number of rotatable bonds is 2.